The molecular formula is C28H28N6O. The predicted octanol–water partition coefficient (Wildman–Crippen LogP) is 3.98. The Bertz CT molecular complexity index is 1560. The van der Waals surface area contributed by atoms with Crippen molar-refractivity contribution in [3.05, 3.63) is 83.7 Å². The summed E-state index contributed by atoms with van der Waals surface area (Å²) in [6.07, 6.45) is 2.65. The van der Waals surface area contributed by atoms with Crippen LogP contribution in [0.5, 0.6) is 0 Å². The van der Waals surface area contributed by atoms with Crippen LogP contribution in [0.2, 0.25) is 0 Å². The Balaban J connectivity index is 1.49. The molecule has 6 rings (SSSR count). The first-order valence-electron chi connectivity index (χ1n) is 12.0. The summed E-state index contributed by atoms with van der Waals surface area (Å²) in [4.78, 5) is 24.6. The zero-order valence-corrected chi connectivity index (χ0v) is 20.0. The van der Waals surface area contributed by atoms with E-state index < -0.39 is 0 Å². The van der Waals surface area contributed by atoms with Crippen LogP contribution in [0.1, 0.15) is 28.5 Å². The highest BCUT2D eigenvalue weighted by Gasteiger charge is 2.27. The number of amides is 1. The number of aromatic nitrogens is 4. The number of para-hydroxylation sites is 1. The number of pyridine rings is 1. The molecule has 0 aliphatic carbocycles. The van der Waals surface area contributed by atoms with Gasteiger partial charge in [-0.3, -0.25) is 9.78 Å². The number of carbonyl (C=O) groups excluding carboxylic acids is 1. The van der Waals surface area contributed by atoms with Crippen LogP contribution >= 0.6 is 0 Å². The summed E-state index contributed by atoms with van der Waals surface area (Å²) in [5.41, 5.74) is 12.8. The highest BCUT2D eigenvalue weighted by atomic mass is 16.2. The van der Waals surface area contributed by atoms with Crippen molar-refractivity contribution < 1.29 is 4.79 Å². The van der Waals surface area contributed by atoms with Gasteiger partial charge in [-0.2, -0.15) is 0 Å². The Labute approximate surface area is 203 Å². The second-order valence-electron chi connectivity index (χ2n) is 9.47. The van der Waals surface area contributed by atoms with E-state index in [0.29, 0.717) is 19.6 Å². The summed E-state index contributed by atoms with van der Waals surface area (Å²) < 4.78 is 4.41. The molecule has 0 unspecified atom stereocenters. The lowest BCUT2D eigenvalue weighted by Crippen LogP contribution is -2.43. The number of nitrogens with zero attached hydrogens (tertiary/aromatic N) is 5. The fourth-order valence-electron chi connectivity index (χ4n) is 5.19. The lowest BCUT2D eigenvalue weighted by molar-refractivity contribution is 0.0732. The van der Waals surface area contributed by atoms with Crippen LogP contribution in [0, 0.1) is 0 Å². The Morgan fingerprint density at radius 2 is 1.89 bits per heavy atom. The molecule has 2 N–H and O–H groups in total. The van der Waals surface area contributed by atoms with Crippen LogP contribution in [-0.4, -0.2) is 49.0 Å². The van der Waals surface area contributed by atoms with Crippen LogP contribution in [0.25, 0.3) is 33.5 Å². The average Bonchev–Trinajstić information content (AvgIpc) is 3.38. The van der Waals surface area contributed by atoms with Crippen molar-refractivity contribution >= 4 is 27.8 Å². The number of nitrogens with two attached hydrogens (primary N) is 1. The largest absolute Gasteiger partial charge is 0.337 e. The molecule has 2 aromatic carbocycles. The summed E-state index contributed by atoms with van der Waals surface area (Å²) in [7, 11) is 2.05. The number of aryl methyl sites for hydroxylation is 1. The van der Waals surface area contributed by atoms with E-state index in [1.165, 1.54) is 0 Å². The van der Waals surface area contributed by atoms with Gasteiger partial charge in [0.2, 0.25) is 0 Å². The van der Waals surface area contributed by atoms with E-state index in [0.717, 1.165) is 56.7 Å². The fourth-order valence-corrected chi connectivity index (χ4v) is 5.19. The van der Waals surface area contributed by atoms with Crippen molar-refractivity contribution in [2.24, 2.45) is 12.8 Å². The molecule has 4 heterocycles. The Morgan fingerprint density at radius 1 is 1.06 bits per heavy atom. The van der Waals surface area contributed by atoms with Crippen molar-refractivity contribution in [3.8, 4) is 11.5 Å². The molecule has 0 saturated heterocycles. The van der Waals surface area contributed by atoms with Gasteiger partial charge in [-0.05, 0) is 55.3 Å². The van der Waals surface area contributed by atoms with Gasteiger partial charge in [-0.25, -0.2) is 4.98 Å². The molecule has 1 aliphatic rings. The van der Waals surface area contributed by atoms with Gasteiger partial charge in [0.15, 0.2) is 5.82 Å². The van der Waals surface area contributed by atoms with Crippen LogP contribution in [0.15, 0.2) is 66.9 Å². The predicted molar refractivity (Wildman–Crippen MR) is 138 cm³/mol. The van der Waals surface area contributed by atoms with Gasteiger partial charge in [0.05, 0.1) is 29.0 Å². The Kier molecular flexibility index (Phi) is 5.15. The van der Waals surface area contributed by atoms with Crippen LogP contribution in [0.3, 0.4) is 0 Å². The molecule has 0 fully saturated rings. The molecule has 7 heteroatoms. The quantitative estimate of drug-likeness (QED) is 0.427. The number of benzene rings is 2. The molecule has 0 spiro atoms. The van der Waals surface area contributed by atoms with Gasteiger partial charge >= 0.3 is 0 Å². The smallest absolute Gasteiger partial charge is 0.254 e. The van der Waals surface area contributed by atoms with Crippen LogP contribution < -0.4 is 5.73 Å². The maximum Gasteiger partial charge on any atom is 0.254 e. The van der Waals surface area contributed by atoms with Gasteiger partial charge in [-0.1, -0.05) is 24.3 Å². The van der Waals surface area contributed by atoms with Gasteiger partial charge in [0.25, 0.3) is 5.91 Å². The van der Waals surface area contributed by atoms with Gasteiger partial charge in [-0.15, -0.1) is 0 Å². The second kappa shape index (κ2) is 8.36. The third-order valence-electron chi connectivity index (χ3n) is 6.87. The summed E-state index contributed by atoms with van der Waals surface area (Å²) in [6, 6.07) is 20.6. The fraction of sp³-hybridized carbons (Fsp3) is 0.250. The lowest BCUT2D eigenvalue weighted by Gasteiger charge is -2.29. The number of rotatable bonds is 5. The number of imidazole rings is 1. The van der Waals surface area contributed by atoms with E-state index in [-0.39, 0.29) is 11.9 Å². The van der Waals surface area contributed by atoms with Crippen molar-refractivity contribution in [2.45, 2.75) is 25.9 Å². The summed E-state index contributed by atoms with van der Waals surface area (Å²) in [6.45, 7) is 3.84. The van der Waals surface area contributed by atoms with E-state index in [1.807, 2.05) is 49.3 Å². The molecule has 0 bridgehead atoms. The monoisotopic (exact) mass is 464 g/mol. The van der Waals surface area contributed by atoms with Crippen molar-refractivity contribution in [2.75, 3.05) is 13.1 Å². The van der Waals surface area contributed by atoms with E-state index >= 15 is 0 Å². The third-order valence-corrected chi connectivity index (χ3v) is 6.87. The second-order valence-corrected chi connectivity index (χ2v) is 9.47. The van der Waals surface area contributed by atoms with Gasteiger partial charge in [0.1, 0.15) is 0 Å². The SMILES string of the molecule is C[C@@H](N)CN1CCc2cc3c(cc2C1=O)nc(-c1cc2ccccc2n1Cc1ccccn1)n3C. The topological polar surface area (TPSA) is 82.0 Å². The molecule has 3 aromatic heterocycles. The first-order chi connectivity index (χ1) is 17.0. The first kappa shape index (κ1) is 21.6. The van der Waals surface area contributed by atoms with Crippen molar-refractivity contribution in [3.63, 3.8) is 0 Å². The van der Waals surface area contributed by atoms with E-state index in [9.17, 15) is 4.79 Å². The van der Waals surface area contributed by atoms with Crippen molar-refractivity contribution in [1.29, 1.82) is 0 Å². The standard InChI is InChI=1S/C28H28N6O/c1-18(29)16-33-12-10-19-13-25-23(15-22(19)28(33)35)31-27(32(25)2)26-14-20-7-3-4-9-24(20)34(26)17-21-8-5-6-11-30-21/h3-9,11,13-15,18H,10,12,16-17,29H2,1-2H3/t18-/m1/s1. The first-order valence-corrected chi connectivity index (χ1v) is 12.0. The minimum atomic E-state index is -0.0493. The summed E-state index contributed by atoms with van der Waals surface area (Å²) >= 11 is 0. The van der Waals surface area contributed by atoms with E-state index in [4.69, 9.17) is 10.7 Å². The number of hydrogen-bond donors (Lipinski definition) is 1. The molecular weight excluding hydrogens is 436 g/mol. The third kappa shape index (κ3) is 3.68. The number of hydrogen-bond acceptors (Lipinski definition) is 4. The van der Waals surface area contributed by atoms with E-state index in [1.54, 1.807) is 0 Å². The van der Waals surface area contributed by atoms with Crippen LogP contribution in [0.4, 0.5) is 0 Å². The lowest BCUT2D eigenvalue weighted by atomic mass is 9.97. The Hall–Kier alpha value is -3.97. The van der Waals surface area contributed by atoms with Crippen molar-refractivity contribution in [1.82, 2.24) is 24.0 Å². The molecule has 176 valence electrons. The molecule has 1 amide bonds. The normalized spacial score (nSPS) is 14.6. The zero-order valence-electron chi connectivity index (χ0n) is 20.0. The number of carbonyl (C=O) groups is 1. The molecule has 0 saturated carbocycles. The molecule has 7 nitrogen and oxygen atoms in total. The maximum atomic E-state index is 13.2. The molecule has 1 aliphatic heterocycles. The molecule has 5 aromatic rings. The molecule has 35 heavy (non-hydrogen) atoms. The Morgan fingerprint density at radius 3 is 2.69 bits per heavy atom. The number of fused-ring (bicyclic) bond motifs is 3. The van der Waals surface area contributed by atoms with Crippen LogP contribution in [-0.2, 0) is 20.0 Å². The molecule has 0 radical (unpaired) electrons. The maximum absolute atomic E-state index is 13.2. The van der Waals surface area contributed by atoms with Gasteiger partial charge < -0.3 is 19.8 Å². The minimum Gasteiger partial charge on any atom is -0.337 e. The summed E-state index contributed by atoms with van der Waals surface area (Å²) in [5.74, 6) is 0.913. The minimum absolute atomic E-state index is 0.0434. The highest BCUT2D eigenvalue weighted by molar-refractivity contribution is 6.00. The average molecular weight is 465 g/mol. The van der Waals surface area contributed by atoms with Gasteiger partial charge in [0, 0.05) is 48.8 Å². The van der Waals surface area contributed by atoms with E-state index in [2.05, 4.69) is 50.5 Å². The summed E-state index contributed by atoms with van der Waals surface area (Å²) in [5, 5.41) is 1.16. The highest BCUT2D eigenvalue weighted by Crippen LogP contribution is 2.32. The zero-order chi connectivity index (χ0) is 24.1. The molecule has 1 atom stereocenters.